The van der Waals surface area contributed by atoms with Crippen molar-refractivity contribution in [1.29, 1.82) is 5.26 Å². The molecule has 1 unspecified atom stereocenters. The van der Waals surface area contributed by atoms with Gasteiger partial charge < -0.3 is 5.32 Å². The minimum atomic E-state index is -0.480. The Morgan fingerprint density at radius 1 is 1.15 bits per heavy atom. The van der Waals surface area contributed by atoms with Crippen LogP contribution in [-0.4, -0.2) is 6.04 Å². The molecular weight excluding hydrogens is 251 g/mol. The van der Waals surface area contributed by atoms with Gasteiger partial charge >= 0.3 is 0 Å². The number of nitrogens with one attached hydrogen (secondary N) is 1. The quantitative estimate of drug-likeness (QED) is 0.885. The van der Waals surface area contributed by atoms with Gasteiger partial charge in [-0.1, -0.05) is 43.3 Å². The zero-order valence-corrected chi connectivity index (χ0v) is 11.4. The van der Waals surface area contributed by atoms with Crippen molar-refractivity contribution < 1.29 is 4.39 Å². The van der Waals surface area contributed by atoms with Gasteiger partial charge in [-0.15, -0.1) is 0 Å². The summed E-state index contributed by atoms with van der Waals surface area (Å²) < 4.78 is 13.6. The molecule has 0 aromatic heterocycles. The number of halogens is 1. The summed E-state index contributed by atoms with van der Waals surface area (Å²) in [4.78, 5) is 0. The summed E-state index contributed by atoms with van der Waals surface area (Å²) in [6, 6.07) is 16.9. The molecule has 0 aliphatic carbocycles. The maximum atomic E-state index is 13.6. The second-order valence-corrected chi connectivity index (χ2v) is 4.71. The van der Waals surface area contributed by atoms with Gasteiger partial charge in [0.15, 0.2) is 0 Å². The van der Waals surface area contributed by atoms with E-state index in [0.717, 1.165) is 12.8 Å². The molecule has 2 aromatic carbocycles. The zero-order chi connectivity index (χ0) is 14.4. The largest absolute Gasteiger partial charge is 0.381 e. The second-order valence-electron chi connectivity index (χ2n) is 4.71. The molecule has 2 aromatic rings. The SMILES string of the molecule is CCC(Cc1ccccc1)Nc1cccc(F)c1C#N. The summed E-state index contributed by atoms with van der Waals surface area (Å²) in [7, 11) is 0. The van der Waals surface area contributed by atoms with Gasteiger partial charge in [0, 0.05) is 6.04 Å². The van der Waals surface area contributed by atoms with E-state index in [-0.39, 0.29) is 11.6 Å². The van der Waals surface area contributed by atoms with Crippen molar-refractivity contribution in [2.45, 2.75) is 25.8 Å². The second kappa shape index (κ2) is 6.72. The van der Waals surface area contributed by atoms with Crippen LogP contribution in [0.1, 0.15) is 24.5 Å². The van der Waals surface area contributed by atoms with Crippen molar-refractivity contribution in [3.63, 3.8) is 0 Å². The van der Waals surface area contributed by atoms with E-state index in [4.69, 9.17) is 5.26 Å². The lowest BCUT2D eigenvalue weighted by Crippen LogP contribution is -2.22. The molecule has 0 heterocycles. The summed E-state index contributed by atoms with van der Waals surface area (Å²) in [5.41, 5.74) is 1.87. The highest BCUT2D eigenvalue weighted by Crippen LogP contribution is 2.20. The van der Waals surface area contributed by atoms with Crippen LogP contribution in [-0.2, 0) is 6.42 Å². The van der Waals surface area contributed by atoms with E-state index in [0.29, 0.717) is 5.69 Å². The fourth-order valence-corrected chi connectivity index (χ4v) is 2.17. The fraction of sp³-hybridized carbons (Fsp3) is 0.235. The van der Waals surface area contributed by atoms with Gasteiger partial charge in [-0.25, -0.2) is 4.39 Å². The molecule has 0 saturated carbocycles. The van der Waals surface area contributed by atoms with Gasteiger partial charge in [0.1, 0.15) is 17.4 Å². The van der Waals surface area contributed by atoms with Crippen molar-refractivity contribution in [3.05, 3.63) is 65.5 Å². The van der Waals surface area contributed by atoms with E-state index in [1.54, 1.807) is 12.1 Å². The molecule has 0 bridgehead atoms. The van der Waals surface area contributed by atoms with Crippen LogP contribution >= 0.6 is 0 Å². The molecule has 0 amide bonds. The Kier molecular flexibility index (Phi) is 4.73. The van der Waals surface area contributed by atoms with E-state index in [1.807, 2.05) is 24.3 Å². The van der Waals surface area contributed by atoms with E-state index < -0.39 is 5.82 Å². The first-order valence-electron chi connectivity index (χ1n) is 6.73. The number of benzene rings is 2. The van der Waals surface area contributed by atoms with Crippen LogP contribution in [0.4, 0.5) is 10.1 Å². The van der Waals surface area contributed by atoms with Crippen molar-refractivity contribution in [1.82, 2.24) is 0 Å². The normalized spacial score (nSPS) is 11.7. The van der Waals surface area contributed by atoms with Gasteiger partial charge in [-0.05, 0) is 30.5 Å². The van der Waals surface area contributed by atoms with Crippen LogP contribution in [0.25, 0.3) is 0 Å². The Morgan fingerprint density at radius 2 is 1.90 bits per heavy atom. The lowest BCUT2D eigenvalue weighted by atomic mass is 10.0. The Hall–Kier alpha value is -2.34. The Labute approximate surface area is 118 Å². The molecule has 102 valence electrons. The van der Waals surface area contributed by atoms with Crippen molar-refractivity contribution in [3.8, 4) is 6.07 Å². The average Bonchev–Trinajstić information content (AvgIpc) is 2.48. The molecule has 0 aliphatic heterocycles. The molecule has 3 heteroatoms. The van der Waals surface area contributed by atoms with Crippen LogP contribution in [0.5, 0.6) is 0 Å². The number of hydrogen-bond acceptors (Lipinski definition) is 2. The van der Waals surface area contributed by atoms with Gasteiger partial charge in [0.2, 0.25) is 0 Å². The topological polar surface area (TPSA) is 35.8 Å². The minimum absolute atomic E-state index is 0.0824. The van der Waals surface area contributed by atoms with Crippen molar-refractivity contribution in [2.24, 2.45) is 0 Å². The average molecular weight is 268 g/mol. The van der Waals surface area contributed by atoms with Gasteiger partial charge in [-0.2, -0.15) is 5.26 Å². The van der Waals surface area contributed by atoms with E-state index in [9.17, 15) is 4.39 Å². The van der Waals surface area contributed by atoms with Gasteiger partial charge in [0.25, 0.3) is 0 Å². The first-order chi connectivity index (χ1) is 9.74. The maximum absolute atomic E-state index is 13.6. The Bertz CT molecular complexity index is 602. The third-order valence-corrected chi connectivity index (χ3v) is 3.30. The van der Waals surface area contributed by atoms with E-state index >= 15 is 0 Å². The summed E-state index contributed by atoms with van der Waals surface area (Å²) in [5, 5.41) is 12.3. The maximum Gasteiger partial charge on any atom is 0.143 e. The highest BCUT2D eigenvalue weighted by molar-refractivity contribution is 5.58. The zero-order valence-electron chi connectivity index (χ0n) is 11.4. The third-order valence-electron chi connectivity index (χ3n) is 3.30. The number of anilines is 1. The molecule has 0 saturated heterocycles. The highest BCUT2D eigenvalue weighted by Gasteiger charge is 2.12. The smallest absolute Gasteiger partial charge is 0.143 e. The predicted octanol–water partition coefficient (Wildman–Crippen LogP) is 4.13. The van der Waals surface area contributed by atoms with Crippen LogP contribution < -0.4 is 5.32 Å². The summed E-state index contributed by atoms with van der Waals surface area (Å²) in [6.07, 6.45) is 1.75. The molecule has 0 radical (unpaired) electrons. The van der Waals surface area contributed by atoms with Gasteiger partial charge in [-0.3, -0.25) is 0 Å². The number of nitriles is 1. The number of hydrogen-bond donors (Lipinski definition) is 1. The molecule has 2 nitrogen and oxygen atoms in total. The van der Waals surface area contributed by atoms with E-state index in [2.05, 4.69) is 24.4 Å². The van der Waals surface area contributed by atoms with Crippen LogP contribution in [0.2, 0.25) is 0 Å². The predicted molar refractivity (Wildman–Crippen MR) is 79.0 cm³/mol. The molecule has 0 spiro atoms. The lowest BCUT2D eigenvalue weighted by molar-refractivity contribution is 0.622. The first kappa shape index (κ1) is 14.1. The molecule has 2 rings (SSSR count). The number of rotatable bonds is 5. The fourth-order valence-electron chi connectivity index (χ4n) is 2.17. The van der Waals surface area contributed by atoms with Crippen molar-refractivity contribution in [2.75, 3.05) is 5.32 Å². The molecule has 0 aliphatic rings. The summed E-state index contributed by atoms with van der Waals surface area (Å²) in [6.45, 7) is 2.08. The first-order valence-corrected chi connectivity index (χ1v) is 6.73. The van der Waals surface area contributed by atoms with Crippen molar-refractivity contribution >= 4 is 5.69 Å². The van der Waals surface area contributed by atoms with Crippen LogP contribution in [0.15, 0.2) is 48.5 Å². The van der Waals surface area contributed by atoms with Gasteiger partial charge in [0.05, 0.1) is 5.69 Å². The Morgan fingerprint density at radius 3 is 2.55 bits per heavy atom. The summed E-state index contributed by atoms with van der Waals surface area (Å²) in [5.74, 6) is -0.480. The highest BCUT2D eigenvalue weighted by atomic mass is 19.1. The molecule has 20 heavy (non-hydrogen) atoms. The Balaban J connectivity index is 2.15. The number of nitrogens with zero attached hydrogens (tertiary/aromatic N) is 1. The molecule has 1 N–H and O–H groups in total. The van der Waals surface area contributed by atoms with Crippen LogP contribution in [0.3, 0.4) is 0 Å². The van der Waals surface area contributed by atoms with E-state index in [1.165, 1.54) is 11.6 Å². The molecular formula is C17H17FN2. The molecule has 0 fully saturated rings. The lowest BCUT2D eigenvalue weighted by Gasteiger charge is -2.19. The minimum Gasteiger partial charge on any atom is -0.381 e. The van der Waals surface area contributed by atoms with Crippen LogP contribution in [0, 0.1) is 17.1 Å². The third kappa shape index (κ3) is 3.36. The standard InChI is InChI=1S/C17H17FN2/c1-2-14(11-13-7-4-3-5-8-13)20-17-10-6-9-16(18)15(17)12-19/h3-10,14,20H,2,11H2,1H3. The summed E-state index contributed by atoms with van der Waals surface area (Å²) >= 11 is 0. The monoisotopic (exact) mass is 268 g/mol. The molecule has 1 atom stereocenters.